The van der Waals surface area contributed by atoms with Crippen LogP contribution in [0.4, 0.5) is 11.4 Å². The number of rotatable bonds is 7. The summed E-state index contributed by atoms with van der Waals surface area (Å²) >= 11 is -0.346. The Bertz CT molecular complexity index is 1610. The molecule has 1 heterocycles. The van der Waals surface area contributed by atoms with Crippen LogP contribution in [0.2, 0.25) is 0 Å². The third kappa shape index (κ3) is 9.68. The molecular formula is C47H63Cl2N2PRu. The molecule has 3 aliphatic carbocycles. The molecule has 1 aliphatic heterocycles. The molecule has 0 spiro atoms. The van der Waals surface area contributed by atoms with Gasteiger partial charge in [-0.15, -0.1) is 0 Å². The predicted molar refractivity (Wildman–Crippen MR) is 231 cm³/mol. The maximum atomic E-state index is 4.85. The molecular weight excluding hydrogens is 795 g/mol. The van der Waals surface area contributed by atoms with E-state index < -0.39 is 0 Å². The van der Waals surface area contributed by atoms with Crippen LogP contribution in [0.3, 0.4) is 0 Å². The Morgan fingerprint density at radius 3 is 1.55 bits per heavy atom. The van der Waals surface area contributed by atoms with Gasteiger partial charge in [0, 0.05) is 30.1 Å². The SMILES string of the molecule is Cc1cc(C)c(N2CCN(c3c(C)cc(C)cc3C)C2=C2CCCC(P(C3CCCCC3)C3CCCCC3)C2=CCc2ccccc2)c(C)c1.[Cl][Ru][Cl]. The van der Waals surface area contributed by atoms with Gasteiger partial charge in [-0.1, -0.05) is 118 Å². The van der Waals surface area contributed by atoms with Crippen molar-refractivity contribution in [3.63, 3.8) is 0 Å². The van der Waals surface area contributed by atoms with Crippen molar-refractivity contribution in [2.45, 2.75) is 148 Å². The van der Waals surface area contributed by atoms with Crippen LogP contribution < -0.4 is 9.80 Å². The second-order valence-electron chi connectivity index (χ2n) is 16.4. The molecule has 0 aromatic heterocycles. The van der Waals surface area contributed by atoms with Gasteiger partial charge in [0.1, 0.15) is 5.82 Å². The minimum absolute atomic E-state index is 0.0860. The van der Waals surface area contributed by atoms with E-state index >= 15 is 0 Å². The monoisotopic (exact) mass is 858 g/mol. The van der Waals surface area contributed by atoms with E-state index in [9.17, 15) is 0 Å². The summed E-state index contributed by atoms with van der Waals surface area (Å²) in [6, 6.07) is 21.0. The van der Waals surface area contributed by atoms with Crippen LogP contribution in [-0.4, -0.2) is 30.1 Å². The molecule has 0 radical (unpaired) electrons. The molecule has 3 saturated carbocycles. The van der Waals surface area contributed by atoms with E-state index in [1.165, 1.54) is 140 Å². The van der Waals surface area contributed by atoms with E-state index in [1.54, 1.807) is 11.1 Å². The Kier molecular flexibility index (Phi) is 15.1. The number of nitrogens with zero attached hydrogens (tertiary/aromatic N) is 2. The van der Waals surface area contributed by atoms with E-state index in [0.29, 0.717) is 0 Å². The van der Waals surface area contributed by atoms with Gasteiger partial charge in [0.15, 0.2) is 0 Å². The summed E-state index contributed by atoms with van der Waals surface area (Å²) in [5, 5.41) is 0. The fourth-order valence-corrected chi connectivity index (χ4v) is 15.3. The first-order valence-corrected chi connectivity index (χ1v) is 26.5. The molecule has 2 nitrogen and oxygen atoms in total. The van der Waals surface area contributed by atoms with Gasteiger partial charge in [-0.3, -0.25) is 0 Å². The first-order chi connectivity index (χ1) is 25.7. The van der Waals surface area contributed by atoms with Crippen LogP contribution in [-0.2, 0) is 21.6 Å². The molecule has 1 unspecified atom stereocenters. The molecule has 0 N–H and O–H groups in total. The number of anilines is 2. The first kappa shape index (κ1) is 41.0. The number of halogens is 2. The summed E-state index contributed by atoms with van der Waals surface area (Å²) in [5.74, 6) is 1.50. The van der Waals surface area contributed by atoms with E-state index in [1.807, 2.05) is 0 Å². The Morgan fingerprint density at radius 2 is 1.09 bits per heavy atom. The zero-order chi connectivity index (χ0) is 37.5. The van der Waals surface area contributed by atoms with Gasteiger partial charge >= 0.3 is 34.5 Å². The van der Waals surface area contributed by atoms with Crippen molar-refractivity contribution in [3.05, 3.63) is 117 Å². The zero-order valence-electron chi connectivity index (χ0n) is 33.3. The van der Waals surface area contributed by atoms with Crippen molar-refractivity contribution in [1.82, 2.24) is 0 Å². The molecule has 3 aromatic rings. The molecule has 0 amide bonds. The average molecular weight is 859 g/mol. The molecule has 4 fully saturated rings. The second-order valence-corrected chi connectivity index (χ2v) is 22.1. The maximum absolute atomic E-state index is 4.85. The van der Waals surface area contributed by atoms with Crippen LogP contribution in [0.1, 0.15) is 122 Å². The first-order valence-electron chi connectivity index (χ1n) is 20.5. The van der Waals surface area contributed by atoms with E-state index in [-0.39, 0.29) is 23.1 Å². The number of hydrogen-bond donors (Lipinski definition) is 0. The summed E-state index contributed by atoms with van der Waals surface area (Å²) in [5.41, 5.74) is 18.8. The standard InChI is InChI=1S/C47H63N2P.2ClH.Ru/c1-33-29-35(3)45(36(4)30-33)48-27-28-49(46-37(5)31-34(2)32-38(46)6)47(48)43-23-16-24-44(42(43)26-25-39-17-10-7-11-18-39)50(40-19-12-8-13-20-40)41-21-14-9-15-22-41;;;/h7,10-11,17-18,26,29-32,40-41,44H,8-9,12-16,19-25,27-28H2,1-6H3;2*1H;/q;;;+2/p-2. The van der Waals surface area contributed by atoms with Crippen molar-refractivity contribution < 1.29 is 15.1 Å². The molecule has 6 heteroatoms. The van der Waals surface area contributed by atoms with Gasteiger partial charge < -0.3 is 9.80 Å². The Labute approximate surface area is 339 Å². The molecule has 4 aliphatic rings. The van der Waals surface area contributed by atoms with Gasteiger partial charge in [0.2, 0.25) is 0 Å². The number of aryl methyl sites for hydroxylation is 6. The quantitative estimate of drug-likeness (QED) is 0.173. The van der Waals surface area contributed by atoms with Gasteiger partial charge in [-0.25, -0.2) is 0 Å². The minimum atomic E-state index is -0.346. The molecule has 7 rings (SSSR count). The number of allylic oxidation sites excluding steroid dienone is 3. The van der Waals surface area contributed by atoms with Gasteiger partial charge in [0.25, 0.3) is 0 Å². The summed E-state index contributed by atoms with van der Waals surface area (Å²) < 4.78 is 0. The second kappa shape index (κ2) is 19.5. The van der Waals surface area contributed by atoms with Crippen molar-refractivity contribution in [1.29, 1.82) is 0 Å². The molecule has 3 aromatic carbocycles. The Morgan fingerprint density at radius 1 is 0.642 bits per heavy atom. The number of hydrogen-bond acceptors (Lipinski definition) is 2. The number of benzene rings is 3. The van der Waals surface area contributed by atoms with E-state index in [4.69, 9.17) is 19.4 Å². The molecule has 1 saturated heterocycles. The third-order valence-corrected chi connectivity index (χ3v) is 16.5. The van der Waals surface area contributed by atoms with Crippen LogP contribution in [0.25, 0.3) is 0 Å². The van der Waals surface area contributed by atoms with Crippen LogP contribution >= 0.6 is 27.3 Å². The predicted octanol–water partition coefficient (Wildman–Crippen LogP) is 14.3. The van der Waals surface area contributed by atoms with Crippen LogP contribution in [0.5, 0.6) is 0 Å². The molecule has 0 bridgehead atoms. The average Bonchev–Trinajstić information content (AvgIpc) is 3.55. The zero-order valence-corrected chi connectivity index (χ0v) is 37.4. The van der Waals surface area contributed by atoms with E-state index in [0.717, 1.165) is 36.5 Å². The van der Waals surface area contributed by atoms with Gasteiger partial charge in [-0.05, 0) is 143 Å². The summed E-state index contributed by atoms with van der Waals surface area (Å²) in [4.78, 5) is 5.56. The van der Waals surface area contributed by atoms with Crippen molar-refractivity contribution in [3.8, 4) is 0 Å². The molecule has 288 valence electrons. The van der Waals surface area contributed by atoms with Gasteiger partial charge in [-0.2, -0.15) is 0 Å². The van der Waals surface area contributed by atoms with E-state index in [2.05, 4.69) is 112 Å². The van der Waals surface area contributed by atoms with Gasteiger partial charge in [0.05, 0.1) is 0 Å². The Balaban J connectivity index is 0.00000155. The summed E-state index contributed by atoms with van der Waals surface area (Å²) in [6.07, 6.45) is 22.4. The Hall–Kier alpha value is -1.63. The normalized spacial score (nSPS) is 21.2. The van der Waals surface area contributed by atoms with Crippen LogP contribution in [0.15, 0.2) is 77.6 Å². The summed E-state index contributed by atoms with van der Waals surface area (Å²) in [7, 11) is 9.62. The third-order valence-electron chi connectivity index (χ3n) is 12.5. The molecule has 53 heavy (non-hydrogen) atoms. The fourth-order valence-electron chi connectivity index (χ4n) is 10.7. The van der Waals surface area contributed by atoms with Crippen molar-refractivity contribution in [2.75, 3.05) is 22.9 Å². The van der Waals surface area contributed by atoms with Crippen molar-refractivity contribution >= 4 is 38.7 Å². The topological polar surface area (TPSA) is 6.48 Å². The summed E-state index contributed by atoms with van der Waals surface area (Å²) in [6.45, 7) is 16.0. The molecule has 1 atom stereocenters. The van der Waals surface area contributed by atoms with Crippen molar-refractivity contribution in [2.24, 2.45) is 0 Å². The fraction of sp³-hybridized carbons (Fsp3) is 0.532. The van der Waals surface area contributed by atoms with Crippen LogP contribution in [0, 0.1) is 41.5 Å².